The van der Waals surface area contributed by atoms with Crippen molar-refractivity contribution in [1.82, 2.24) is 24.7 Å². The molecule has 0 atom stereocenters. The molecule has 0 unspecified atom stereocenters. The second kappa shape index (κ2) is 9.52. The standard InChI is InChI=1S/C18H14Cl2N6OS3/c1-26-14(8-29-18-22-12-4-2-3-5-13(12)30-18)24-25-17(26)28-9-15(27)23-16-11(20)6-10(19)7-21-16/h2-7H,8-9H2,1H3,(H,21,23,27). The lowest BCUT2D eigenvalue weighted by atomic mass is 10.3. The number of hydrogen-bond acceptors (Lipinski definition) is 8. The van der Waals surface area contributed by atoms with Crippen molar-refractivity contribution in [2.75, 3.05) is 11.1 Å². The molecule has 1 N–H and O–H groups in total. The molecule has 4 rings (SSSR count). The Labute approximate surface area is 194 Å². The number of nitrogens with zero attached hydrogens (tertiary/aromatic N) is 5. The summed E-state index contributed by atoms with van der Waals surface area (Å²) >= 11 is 16.4. The average molecular weight is 497 g/mol. The highest BCUT2D eigenvalue weighted by atomic mass is 35.5. The number of anilines is 1. The Morgan fingerprint density at radius 1 is 1.23 bits per heavy atom. The maximum atomic E-state index is 12.2. The van der Waals surface area contributed by atoms with Gasteiger partial charge in [0.25, 0.3) is 0 Å². The number of para-hydroxylation sites is 1. The van der Waals surface area contributed by atoms with Gasteiger partial charge in [0.2, 0.25) is 5.91 Å². The Morgan fingerprint density at radius 2 is 2.07 bits per heavy atom. The summed E-state index contributed by atoms with van der Waals surface area (Å²) in [6.45, 7) is 0. The molecule has 3 heterocycles. The lowest BCUT2D eigenvalue weighted by molar-refractivity contribution is -0.113. The number of nitrogens with one attached hydrogen (secondary N) is 1. The summed E-state index contributed by atoms with van der Waals surface area (Å²) in [5, 5.41) is 12.4. The monoisotopic (exact) mass is 496 g/mol. The van der Waals surface area contributed by atoms with Crippen LogP contribution in [-0.2, 0) is 17.6 Å². The predicted octanol–water partition coefficient (Wildman–Crippen LogP) is 5.15. The summed E-state index contributed by atoms with van der Waals surface area (Å²) in [7, 11) is 1.88. The number of thioether (sulfide) groups is 2. The Balaban J connectivity index is 1.33. The third-order valence-corrected chi connectivity index (χ3v) is 7.61. The molecule has 0 aliphatic heterocycles. The van der Waals surface area contributed by atoms with Gasteiger partial charge in [0.15, 0.2) is 15.3 Å². The molecule has 0 aliphatic carbocycles. The van der Waals surface area contributed by atoms with Crippen molar-refractivity contribution in [2.24, 2.45) is 7.05 Å². The fourth-order valence-corrected chi connectivity index (χ4v) is 5.64. The second-order valence-electron chi connectivity index (χ2n) is 6.01. The van der Waals surface area contributed by atoms with Gasteiger partial charge < -0.3 is 9.88 Å². The van der Waals surface area contributed by atoms with Crippen LogP contribution < -0.4 is 5.32 Å². The van der Waals surface area contributed by atoms with Gasteiger partial charge in [-0.1, -0.05) is 58.9 Å². The lowest BCUT2D eigenvalue weighted by Gasteiger charge is -2.06. The molecule has 0 bridgehead atoms. The molecule has 30 heavy (non-hydrogen) atoms. The van der Waals surface area contributed by atoms with Crippen LogP contribution in [0, 0.1) is 0 Å². The highest BCUT2D eigenvalue weighted by Crippen LogP contribution is 2.31. The largest absolute Gasteiger partial charge is 0.309 e. The van der Waals surface area contributed by atoms with Crippen LogP contribution >= 0.6 is 58.1 Å². The van der Waals surface area contributed by atoms with E-state index in [4.69, 9.17) is 23.2 Å². The van der Waals surface area contributed by atoms with Gasteiger partial charge in [0.1, 0.15) is 5.82 Å². The van der Waals surface area contributed by atoms with Gasteiger partial charge in [-0.15, -0.1) is 21.5 Å². The number of carbonyl (C=O) groups excluding carboxylic acids is 1. The number of rotatable bonds is 7. The van der Waals surface area contributed by atoms with E-state index in [0.29, 0.717) is 15.9 Å². The smallest absolute Gasteiger partial charge is 0.236 e. The second-order valence-corrected chi connectivity index (χ2v) is 10.1. The van der Waals surface area contributed by atoms with Gasteiger partial charge in [-0.25, -0.2) is 9.97 Å². The van der Waals surface area contributed by atoms with Crippen LogP contribution in [0.1, 0.15) is 5.82 Å². The normalized spacial score (nSPS) is 11.2. The van der Waals surface area contributed by atoms with Gasteiger partial charge in [0.05, 0.1) is 31.8 Å². The molecule has 0 saturated carbocycles. The van der Waals surface area contributed by atoms with E-state index >= 15 is 0 Å². The van der Waals surface area contributed by atoms with Gasteiger partial charge >= 0.3 is 0 Å². The molecule has 4 aromatic rings. The maximum absolute atomic E-state index is 12.2. The first-order valence-electron chi connectivity index (χ1n) is 8.60. The Bertz CT molecular complexity index is 1180. The zero-order chi connectivity index (χ0) is 21.1. The van der Waals surface area contributed by atoms with E-state index in [1.807, 2.05) is 29.8 Å². The van der Waals surface area contributed by atoms with Crippen LogP contribution in [0.4, 0.5) is 5.82 Å². The van der Waals surface area contributed by atoms with E-state index in [1.165, 1.54) is 24.0 Å². The van der Waals surface area contributed by atoms with Gasteiger partial charge in [-0.2, -0.15) is 0 Å². The Morgan fingerprint density at radius 3 is 2.87 bits per heavy atom. The average Bonchev–Trinajstić information content (AvgIpc) is 3.30. The quantitative estimate of drug-likeness (QED) is 0.354. The lowest BCUT2D eigenvalue weighted by Crippen LogP contribution is -2.15. The molecular weight excluding hydrogens is 483 g/mol. The van der Waals surface area contributed by atoms with Crippen molar-refractivity contribution in [3.8, 4) is 0 Å². The number of carbonyl (C=O) groups is 1. The van der Waals surface area contributed by atoms with Crippen molar-refractivity contribution in [1.29, 1.82) is 0 Å². The summed E-state index contributed by atoms with van der Waals surface area (Å²) in [6.07, 6.45) is 1.42. The highest BCUT2D eigenvalue weighted by Gasteiger charge is 2.14. The summed E-state index contributed by atoms with van der Waals surface area (Å²) in [6, 6.07) is 9.58. The Kier molecular flexibility index (Phi) is 6.79. The van der Waals surface area contributed by atoms with Crippen molar-refractivity contribution in [3.05, 3.63) is 52.4 Å². The molecule has 0 saturated heterocycles. The molecule has 0 radical (unpaired) electrons. The van der Waals surface area contributed by atoms with E-state index in [1.54, 1.807) is 23.1 Å². The first-order valence-corrected chi connectivity index (χ1v) is 12.1. The van der Waals surface area contributed by atoms with E-state index in [0.717, 1.165) is 20.4 Å². The first kappa shape index (κ1) is 21.4. The number of halogens is 2. The molecule has 154 valence electrons. The number of benzene rings is 1. The van der Waals surface area contributed by atoms with E-state index in [-0.39, 0.29) is 22.5 Å². The van der Waals surface area contributed by atoms with Gasteiger partial charge in [0, 0.05) is 13.2 Å². The predicted molar refractivity (Wildman–Crippen MR) is 124 cm³/mol. The van der Waals surface area contributed by atoms with Crippen LogP contribution in [-0.4, -0.2) is 36.4 Å². The minimum atomic E-state index is -0.245. The summed E-state index contributed by atoms with van der Waals surface area (Å²) in [5.74, 6) is 1.63. The third kappa shape index (κ3) is 5.06. The van der Waals surface area contributed by atoms with E-state index < -0.39 is 0 Å². The number of fused-ring (bicyclic) bond motifs is 1. The third-order valence-electron chi connectivity index (χ3n) is 3.92. The number of pyridine rings is 1. The minimum Gasteiger partial charge on any atom is -0.309 e. The fraction of sp³-hybridized carbons (Fsp3) is 0.167. The maximum Gasteiger partial charge on any atom is 0.236 e. The number of amides is 1. The van der Waals surface area contributed by atoms with Crippen molar-refractivity contribution < 1.29 is 4.79 Å². The molecule has 0 fully saturated rings. The van der Waals surface area contributed by atoms with Crippen molar-refractivity contribution >= 4 is 80.0 Å². The van der Waals surface area contributed by atoms with Crippen LogP contribution in [0.5, 0.6) is 0 Å². The van der Waals surface area contributed by atoms with Crippen LogP contribution in [0.25, 0.3) is 10.2 Å². The van der Waals surface area contributed by atoms with Crippen molar-refractivity contribution in [2.45, 2.75) is 15.2 Å². The van der Waals surface area contributed by atoms with Crippen LogP contribution in [0.15, 0.2) is 46.0 Å². The van der Waals surface area contributed by atoms with Crippen LogP contribution in [0.2, 0.25) is 10.0 Å². The molecule has 1 aromatic carbocycles. The highest BCUT2D eigenvalue weighted by molar-refractivity contribution is 8.00. The first-order chi connectivity index (χ1) is 14.5. The zero-order valence-corrected chi connectivity index (χ0v) is 19.5. The topological polar surface area (TPSA) is 85.6 Å². The molecule has 12 heteroatoms. The number of hydrogen-bond donors (Lipinski definition) is 1. The van der Waals surface area contributed by atoms with E-state index in [2.05, 4.69) is 31.5 Å². The zero-order valence-electron chi connectivity index (χ0n) is 15.5. The molecular formula is C18H14Cl2N6OS3. The van der Waals surface area contributed by atoms with Gasteiger partial charge in [-0.05, 0) is 18.2 Å². The van der Waals surface area contributed by atoms with Crippen LogP contribution in [0.3, 0.4) is 0 Å². The molecule has 0 spiro atoms. The molecule has 0 aliphatic rings. The van der Waals surface area contributed by atoms with Gasteiger partial charge in [-0.3, -0.25) is 4.79 Å². The van der Waals surface area contributed by atoms with Crippen molar-refractivity contribution in [3.63, 3.8) is 0 Å². The number of aromatic nitrogens is 5. The SMILES string of the molecule is Cn1c(CSc2nc3ccccc3s2)nnc1SCC(=O)Nc1ncc(Cl)cc1Cl. The Hall–Kier alpha value is -1.85. The molecule has 7 nitrogen and oxygen atoms in total. The molecule has 3 aromatic heterocycles. The molecule has 1 amide bonds. The van der Waals surface area contributed by atoms with E-state index in [9.17, 15) is 4.79 Å². The summed E-state index contributed by atoms with van der Waals surface area (Å²) in [5.41, 5.74) is 1.00. The minimum absolute atomic E-state index is 0.150. The number of thiazole rings is 1. The fourth-order valence-electron chi connectivity index (χ4n) is 2.44. The summed E-state index contributed by atoms with van der Waals surface area (Å²) in [4.78, 5) is 20.8. The summed E-state index contributed by atoms with van der Waals surface area (Å²) < 4.78 is 4.03.